The molecule has 0 amide bonds. The number of hydrogen-bond acceptors (Lipinski definition) is 4. The molecule has 2 N–H and O–H groups in total. The van der Waals surface area contributed by atoms with E-state index < -0.39 is 0 Å². The standard InChI is InChI=1S/C17H20ClN3O3/c1-2-24-17(23)11-4-3-7-21(9-11)10-15-19-14-8-12(18)5-6-13(14)16(22)20-15/h5-6,8,11H,2-4,7,9-10H2,1H3,(H,19,20,22)/p+1/t11-/m0/s1. The van der Waals surface area contributed by atoms with Crippen molar-refractivity contribution in [3.8, 4) is 0 Å². The van der Waals surface area contributed by atoms with Crippen molar-refractivity contribution in [3.05, 3.63) is 39.4 Å². The number of piperidine rings is 1. The van der Waals surface area contributed by atoms with Gasteiger partial charge in [-0.05, 0) is 38.0 Å². The highest BCUT2D eigenvalue weighted by Gasteiger charge is 2.30. The Morgan fingerprint density at radius 2 is 2.33 bits per heavy atom. The lowest BCUT2D eigenvalue weighted by Gasteiger charge is -2.28. The molecule has 0 radical (unpaired) electrons. The van der Waals surface area contributed by atoms with E-state index in [1.807, 2.05) is 6.92 Å². The van der Waals surface area contributed by atoms with Gasteiger partial charge in [0.1, 0.15) is 12.5 Å². The number of nitrogens with one attached hydrogen (secondary N) is 2. The van der Waals surface area contributed by atoms with Gasteiger partial charge in [0.05, 0.1) is 30.6 Å². The van der Waals surface area contributed by atoms with Crippen LogP contribution in [0.4, 0.5) is 0 Å². The SMILES string of the molecule is CCOC(=O)[C@H]1CCC[NH+](Cc2nc3cc(Cl)ccc3c(=O)[nH]2)C1. The topological polar surface area (TPSA) is 76.5 Å². The van der Waals surface area contributed by atoms with Gasteiger partial charge in [-0.3, -0.25) is 9.59 Å². The molecule has 2 heterocycles. The first kappa shape index (κ1) is 16.9. The molecular formula is C17H21ClN3O3+. The van der Waals surface area contributed by atoms with Gasteiger partial charge in [-0.1, -0.05) is 11.6 Å². The summed E-state index contributed by atoms with van der Waals surface area (Å²) in [6.07, 6.45) is 1.82. The molecule has 2 atom stereocenters. The van der Waals surface area contributed by atoms with Crippen LogP contribution in [-0.2, 0) is 16.1 Å². The Morgan fingerprint density at radius 1 is 1.50 bits per heavy atom. The molecule has 1 unspecified atom stereocenters. The summed E-state index contributed by atoms with van der Waals surface area (Å²) >= 11 is 5.99. The van der Waals surface area contributed by atoms with E-state index in [0.29, 0.717) is 41.4 Å². The quantitative estimate of drug-likeness (QED) is 0.804. The van der Waals surface area contributed by atoms with E-state index in [2.05, 4.69) is 9.97 Å². The van der Waals surface area contributed by atoms with Crippen LogP contribution in [0.25, 0.3) is 10.9 Å². The van der Waals surface area contributed by atoms with Gasteiger partial charge < -0.3 is 14.6 Å². The molecule has 1 aliphatic rings. The van der Waals surface area contributed by atoms with Crippen LogP contribution in [0, 0.1) is 5.92 Å². The molecule has 1 aliphatic heterocycles. The molecule has 0 spiro atoms. The average Bonchev–Trinajstić information content (AvgIpc) is 2.55. The van der Waals surface area contributed by atoms with Crippen molar-refractivity contribution in [3.63, 3.8) is 0 Å². The van der Waals surface area contributed by atoms with Crippen molar-refractivity contribution >= 4 is 28.5 Å². The lowest BCUT2D eigenvalue weighted by atomic mass is 9.98. The highest BCUT2D eigenvalue weighted by molar-refractivity contribution is 6.31. The molecular weight excluding hydrogens is 330 g/mol. The van der Waals surface area contributed by atoms with Crippen LogP contribution in [0.15, 0.2) is 23.0 Å². The Morgan fingerprint density at radius 3 is 3.12 bits per heavy atom. The number of aromatic amines is 1. The van der Waals surface area contributed by atoms with E-state index in [4.69, 9.17) is 16.3 Å². The van der Waals surface area contributed by atoms with Crippen LogP contribution in [0.2, 0.25) is 5.02 Å². The summed E-state index contributed by atoms with van der Waals surface area (Å²) in [7, 11) is 0. The molecule has 128 valence electrons. The van der Waals surface area contributed by atoms with Crippen molar-refractivity contribution in [2.24, 2.45) is 5.92 Å². The van der Waals surface area contributed by atoms with Gasteiger partial charge in [0.25, 0.3) is 5.56 Å². The minimum Gasteiger partial charge on any atom is -0.466 e. The molecule has 1 fully saturated rings. The van der Waals surface area contributed by atoms with E-state index in [-0.39, 0.29) is 17.4 Å². The predicted molar refractivity (Wildman–Crippen MR) is 91.1 cm³/mol. The molecule has 2 aromatic rings. The second kappa shape index (κ2) is 7.32. The molecule has 3 rings (SSSR count). The van der Waals surface area contributed by atoms with Crippen LogP contribution in [-0.4, -0.2) is 35.6 Å². The number of carbonyl (C=O) groups excluding carboxylic acids is 1. The van der Waals surface area contributed by atoms with Gasteiger partial charge >= 0.3 is 5.97 Å². The summed E-state index contributed by atoms with van der Waals surface area (Å²) in [5.41, 5.74) is 0.435. The fourth-order valence-corrected chi connectivity index (χ4v) is 3.42. The fourth-order valence-electron chi connectivity index (χ4n) is 3.25. The van der Waals surface area contributed by atoms with E-state index in [1.165, 1.54) is 4.90 Å². The first-order valence-electron chi connectivity index (χ1n) is 8.25. The van der Waals surface area contributed by atoms with E-state index in [9.17, 15) is 9.59 Å². The number of rotatable bonds is 4. The highest BCUT2D eigenvalue weighted by Crippen LogP contribution is 2.14. The molecule has 24 heavy (non-hydrogen) atoms. The van der Waals surface area contributed by atoms with Crippen LogP contribution in [0.1, 0.15) is 25.6 Å². The van der Waals surface area contributed by atoms with E-state index in [0.717, 1.165) is 19.4 Å². The Hall–Kier alpha value is -1.92. The Bertz CT molecular complexity index is 805. The maximum Gasteiger partial charge on any atom is 0.314 e. The molecule has 0 saturated carbocycles. The number of hydrogen-bond donors (Lipinski definition) is 2. The zero-order valence-corrected chi connectivity index (χ0v) is 14.4. The molecule has 0 bridgehead atoms. The van der Waals surface area contributed by atoms with Gasteiger partial charge in [0, 0.05) is 5.02 Å². The maximum absolute atomic E-state index is 12.2. The van der Waals surface area contributed by atoms with Crippen molar-refractivity contribution in [2.75, 3.05) is 19.7 Å². The summed E-state index contributed by atoms with van der Waals surface area (Å²) in [6.45, 7) is 4.46. The van der Waals surface area contributed by atoms with Crippen LogP contribution >= 0.6 is 11.6 Å². The summed E-state index contributed by atoms with van der Waals surface area (Å²) in [6, 6.07) is 5.06. The Balaban J connectivity index is 1.77. The molecule has 1 aromatic heterocycles. The maximum atomic E-state index is 12.2. The number of benzene rings is 1. The number of halogens is 1. The third-order valence-corrected chi connectivity index (χ3v) is 4.61. The number of carbonyl (C=O) groups is 1. The van der Waals surface area contributed by atoms with Crippen molar-refractivity contribution in [1.82, 2.24) is 9.97 Å². The number of H-pyrrole nitrogens is 1. The molecule has 1 aromatic carbocycles. The molecule has 6 nitrogen and oxygen atoms in total. The third kappa shape index (κ3) is 3.76. The summed E-state index contributed by atoms with van der Waals surface area (Å²) in [4.78, 5) is 32.7. The summed E-state index contributed by atoms with van der Waals surface area (Å²) in [5.74, 6) is 0.422. The highest BCUT2D eigenvalue weighted by atomic mass is 35.5. The molecule has 7 heteroatoms. The predicted octanol–water partition coefficient (Wildman–Crippen LogP) is 0.935. The van der Waals surface area contributed by atoms with Crippen LogP contribution in [0.3, 0.4) is 0 Å². The number of esters is 1. The first-order chi connectivity index (χ1) is 11.6. The number of likely N-dealkylation sites (tertiary alicyclic amines) is 1. The second-order valence-electron chi connectivity index (χ2n) is 6.15. The van der Waals surface area contributed by atoms with Crippen molar-refractivity contribution in [1.29, 1.82) is 0 Å². The van der Waals surface area contributed by atoms with E-state index >= 15 is 0 Å². The van der Waals surface area contributed by atoms with Gasteiger partial charge in [-0.2, -0.15) is 0 Å². The van der Waals surface area contributed by atoms with Crippen LogP contribution < -0.4 is 10.5 Å². The van der Waals surface area contributed by atoms with Crippen molar-refractivity contribution in [2.45, 2.75) is 26.3 Å². The normalized spacial score (nSPS) is 20.9. The lowest BCUT2D eigenvalue weighted by Crippen LogP contribution is -3.12. The van der Waals surface area contributed by atoms with Crippen molar-refractivity contribution < 1.29 is 14.4 Å². The summed E-state index contributed by atoms with van der Waals surface area (Å²) in [5, 5.41) is 1.08. The smallest absolute Gasteiger partial charge is 0.314 e. The number of ether oxygens (including phenoxy) is 1. The monoisotopic (exact) mass is 350 g/mol. The molecule has 0 aliphatic carbocycles. The third-order valence-electron chi connectivity index (χ3n) is 4.37. The zero-order valence-electron chi connectivity index (χ0n) is 13.6. The number of quaternary nitrogens is 1. The number of nitrogens with zero attached hydrogens (tertiary/aromatic N) is 1. The van der Waals surface area contributed by atoms with E-state index in [1.54, 1.807) is 18.2 Å². The zero-order chi connectivity index (χ0) is 17.1. The molecule has 1 saturated heterocycles. The van der Waals surface area contributed by atoms with Gasteiger partial charge in [0.15, 0.2) is 5.82 Å². The number of aromatic nitrogens is 2. The van der Waals surface area contributed by atoms with Gasteiger partial charge in [-0.15, -0.1) is 0 Å². The van der Waals surface area contributed by atoms with Gasteiger partial charge in [0.2, 0.25) is 0 Å². The second-order valence-corrected chi connectivity index (χ2v) is 6.58. The average molecular weight is 351 g/mol. The van der Waals surface area contributed by atoms with Crippen LogP contribution in [0.5, 0.6) is 0 Å². The summed E-state index contributed by atoms with van der Waals surface area (Å²) < 4.78 is 5.13. The van der Waals surface area contributed by atoms with Gasteiger partial charge in [-0.25, -0.2) is 4.98 Å². The minimum atomic E-state index is -0.162. The Labute approximate surface area is 144 Å². The minimum absolute atomic E-state index is 0.0738. The first-order valence-corrected chi connectivity index (χ1v) is 8.63. The lowest BCUT2D eigenvalue weighted by molar-refractivity contribution is -0.921. The number of fused-ring (bicyclic) bond motifs is 1. The fraction of sp³-hybridized carbons (Fsp3) is 0.471. The Kier molecular flexibility index (Phi) is 5.16. The largest absolute Gasteiger partial charge is 0.466 e.